The third kappa shape index (κ3) is 3.54. The third-order valence-corrected chi connectivity index (χ3v) is 3.10. The third-order valence-electron chi connectivity index (χ3n) is 3.10. The molecule has 9 heteroatoms. The Morgan fingerprint density at radius 2 is 1.39 bits per heavy atom. The molecule has 0 aliphatic heterocycles. The highest BCUT2D eigenvalue weighted by Gasteiger charge is 2.30. The average molecular weight is 338 g/mol. The maximum absolute atomic E-state index is 13.5. The number of hydrogen-bond acceptors (Lipinski definition) is 2. The van der Waals surface area contributed by atoms with Crippen LogP contribution >= 0.6 is 0 Å². The van der Waals surface area contributed by atoms with Crippen LogP contribution in [0.2, 0.25) is 0 Å². The summed E-state index contributed by atoms with van der Waals surface area (Å²) < 4.78 is 90.3. The summed E-state index contributed by atoms with van der Waals surface area (Å²) in [7, 11) is 0. The van der Waals surface area contributed by atoms with Crippen molar-refractivity contribution in [3.63, 3.8) is 0 Å². The number of pyridine rings is 1. The highest BCUT2D eigenvalue weighted by Crippen LogP contribution is 2.31. The highest BCUT2D eigenvalue weighted by molar-refractivity contribution is 5.47. The van der Waals surface area contributed by atoms with E-state index >= 15 is 0 Å². The molecule has 0 spiro atoms. The molecule has 2 nitrogen and oxygen atoms in total. The Bertz CT molecular complexity index is 684. The number of hydrogen-bond donors (Lipinski definition) is 1. The molecular weight excluding hydrogens is 329 g/mol. The molecule has 0 bridgehead atoms. The van der Waals surface area contributed by atoms with Crippen LogP contribution in [0.3, 0.4) is 0 Å². The topological polar surface area (TPSA) is 24.9 Å². The first-order valence-corrected chi connectivity index (χ1v) is 6.25. The van der Waals surface area contributed by atoms with Gasteiger partial charge in [-0.25, -0.2) is 0 Å². The molecule has 0 aliphatic carbocycles. The molecule has 2 rings (SSSR count). The minimum absolute atomic E-state index is 0.231. The highest BCUT2D eigenvalue weighted by atomic mass is 19.4. The predicted octanol–water partition coefficient (Wildman–Crippen LogP) is 4.83. The maximum atomic E-state index is 13.5. The number of anilines is 1. The van der Waals surface area contributed by atoms with Crippen molar-refractivity contribution in [1.29, 1.82) is 0 Å². The van der Waals surface area contributed by atoms with Gasteiger partial charge in [-0.15, -0.1) is 0 Å². The van der Waals surface area contributed by atoms with Crippen LogP contribution in [0.15, 0.2) is 24.3 Å². The van der Waals surface area contributed by atoms with Gasteiger partial charge in [0.15, 0.2) is 0 Å². The summed E-state index contributed by atoms with van der Waals surface area (Å²) >= 11 is 0. The lowest BCUT2D eigenvalue weighted by atomic mass is 10.1. The van der Waals surface area contributed by atoms with E-state index in [1.165, 1.54) is 6.92 Å². The summed E-state index contributed by atoms with van der Waals surface area (Å²) in [5.41, 5.74) is -1.75. The first kappa shape index (κ1) is 17.0. The molecule has 1 aromatic carbocycles. The SMILES string of the molecule is CC(Nc1c(F)c(F)nc(F)c1F)c1ccc(C(F)(F)F)cc1. The standard InChI is InChI=1S/C14H9F7N2/c1-6(7-2-4-8(5-3-7)14(19,20)21)22-11-9(15)12(17)23-13(18)10(11)16/h2-6H,1H3,(H,22,23). The molecule has 2 aromatic rings. The zero-order valence-electron chi connectivity index (χ0n) is 11.5. The van der Waals surface area contributed by atoms with Gasteiger partial charge >= 0.3 is 6.18 Å². The maximum Gasteiger partial charge on any atom is 0.416 e. The van der Waals surface area contributed by atoms with Crippen molar-refractivity contribution in [3.05, 3.63) is 58.9 Å². The molecule has 0 radical (unpaired) electrons. The number of aromatic nitrogens is 1. The van der Waals surface area contributed by atoms with Crippen LogP contribution < -0.4 is 5.32 Å². The van der Waals surface area contributed by atoms with Crippen molar-refractivity contribution >= 4 is 5.69 Å². The van der Waals surface area contributed by atoms with E-state index in [1.54, 1.807) is 0 Å². The molecule has 0 saturated carbocycles. The molecule has 0 aliphatic rings. The van der Waals surface area contributed by atoms with Gasteiger partial charge in [0.25, 0.3) is 11.9 Å². The number of rotatable bonds is 3. The average Bonchev–Trinajstić information content (AvgIpc) is 2.48. The van der Waals surface area contributed by atoms with Crippen LogP contribution in [0.1, 0.15) is 24.1 Å². The molecule has 0 saturated heterocycles. The lowest BCUT2D eigenvalue weighted by molar-refractivity contribution is -0.137. The van der Waals surface area contributed by atoms with Crippen LogP contribution in [0.25, 0.3) is 0 Å². The van der Waals surface area contributed by atoms with Crippen LogP contribution in [0.5, 0.6) is 0 Å². The van der Waals surface area contributed by atoms with E-state index in [9.17, 15) is 30.7 Å². The second-order valence-corrected chi connectivity index (χ2v) is 4.68. The van der Waals surface area contributed by atoms with Crippen molar-refractivity contribution in [2.75, 3.05) is 5.32 Å². The van der Waals surface area contributed by atoms with Crippen LogP contribution in [-0.2, 0) is 6.18 Å². The van der Waals surface area contributed by atoms with Crippen molar-refractivity contribution < 1.29 is 30.7 Å². The van der Waals surface area contributed by atoms with Crippen molar-refractivity contribution in [1.82, 2.24) is 4.98 Å². The lowest BCUT2D eigenvalue weighted by Crippen LogP contribution is -2.13. The second kappa shape index (κ2) is 6.05. The summed E-state index contributed by atoms with van der Waals surface area (Å²) in [4.78, 5) is 2.40. The fourth-order valence-corrected chi connectivity index (χ4v) is 1.87. The summed E-state index contributed by atoms with van der Waals surface area (Å²) in [5, 5.41) is 2.18. The van der Waals surface area contributed by atoms with E-state index in [2.05, 4.69) is 10.3 Å². The Morgan fingerprint density at radius 1 is 0.913 bits per heavy atom. The largest absolute Gasteiger partial charge is 0.416 e. The monoisotopic (exact) mass is 338 g/mol. The summed E-state index contributed by atoms with van der Waals surface area (Å²) in [6.07, 6.45) is -4.52. The van der Waals surface area contributed by atoms with E-state index in [4.69, 9.17) is 0 Å². The van der Waals surface area contributed by atoms with Gasteiger partial charge in [0.05, 0.1) is 5.56 Å². The van der Waals surface area contributed by atoms with Crippen LogP contribution in [0, 0.1) is 23.5 Å². The van der Waals surface area contributed by atoms with E-state index in [1.807, 2.05) is 0 Å². The molecule has 0 fully saturated rings. The van der Waals surface area contributed by atoms with E-state index in [-0.39, 0.29) is 5.56 Å². The molecule has 1 unspecified atom stereocenters. The first-order valence-electron chi connectivity index (χ1n) is 6.25. The number of nitrogens with one attached hydrogen (secondary N) is 1. The van der Waals surface area contributed by atoms with E-state index in [0.29, 0.717) is 0 Å². The molecular formula is C14H9F7N2. The van der Waals surface area contributed by atoms with Gasteiger partial charge in [0.2, 0.25) is 11.6 Å². The van der Waals surface area contributed by atoms with E-state index < -0.39 is 47.0 Å². The predicted molar refractivity (Wildman–Crippen MR) is 67.6 cm³/mol. The second-order valence-electron chi connectivity index (χ2n) is 4.68. The first-order chi connectivity index (χ1) is 10.6. The van der Waals surface area contributed by atoms with Gasteiger partial charge in [-0.1, -0.05) is 12.1 Å². The fraction of sp³-hybridized carbons (Fsp3) is 0.214. The lowest BCUT2D eigenvalue weighted by Gasteiger charge is -2.17. The van der Waals surface area contributed by atoms with Gasteiger partial charge in [-0.2, -0.15) is 35.7 Å². The Labute approximate surface area is 126 Å². The summed E-state index contributed by atoms with van der Waals surface area (Å²) in [5.74, 6) is -7.10. The number of nitrogens with zero attached hydrogens (tertiary/aromatic N) is 1. The minimum atomic E-state index is -4.52. The zero-order chi connectivity index (χ0) is 17.4. The molecule has 124 valence electrons. The van der Waals surface area contributed by atoms with Gasteiger partial charge in [-0.3, -0.25) is 0 Å². The Kier molecular flexibility index (Phi) is 4.49. The quantitative estimate of drug-likeness (QED) is 0.640. The van der Waals surface area contributed by atoms with Crippen molar-refractivity contribution in [2.24, 2.45) is 0 Å². The van der Waals surface area contributed by atoms with Crippen molar-refractivity contribution in [2.45, 2.75) is 19.1 Å². The Morgan fingerprint density at radius 3 is 1.83 bits per heavy atom. The van der Waals surface area contributed by atoms with Crippen LogP contribution in [-0.4, -0.2) is 4.98 Å². The van der Waals surface area contributed by atoms with Crippen molar-refractivity contribution in [3.8, 4) is 0 Å². The summed E-state index contributed by atoms with van der Waals surface area (Å²) in [6, 6.07) is 2.83. The van der Waals surface area contributed by atoms with E-state index in [0.717, 1.165) is 24.3 Å². The smallest absolute Gasteiger partial charge is 0.373 e. The van der Waals surface area contributed by atoms with Gasteiger partial charge < -0.3 is 5.32 Å². The molecule has 1 N–H and O–H groups in total. The Balaban J connectivity index is 2.28. The molecule has 1 atom stereocenters. The van der Waals surface area contributed by atoms with Gasteiger partial charge in [-0.05, 0) is 24.6 Å². The van der Waals surface area contributed by atoms with Crippen LogP contribution in [0.4, 0.5) is 36.4 Å². The van der Waals surface area contributed by atoms with Gasteiger partial charge in [0.1, 0.15) is 5.69 Å². The number of benzene rings is 1. The normalized spacial score (nSPS) is 13.0. The minimum Gasteiger partial charge on any atom is -0.373 e. The molecule has 1 aromatic heterocycles. The molecule has 1 heterocycles. The molecule has 0 amide bonds. The number of alkyl halides is 3. The number of halogens is 7. The zero-order valence-corrected chi connectivity index (χ0v) is 11.5. The Hall–Kier alpha value is -2.32. The van der Waals surface area contributed by atoms with Gasteiger partial charge in [0, 0.05) is 6.04 Å². The fourth-order valence-electron chi connectivity index (χ4n) is 1.87. The summed E-state index contributed by atoms with van der Waals surface area (Å²) in [6.45, 7) is 1.36. The molecule has 23 heavy (non-hydrogen) atoms.